The van der Waals surface area contributed by atoms with Crippen molar-refractivity contribution in [2.75, 3.05) is 0 Å². The summed E-state index contributed by atoms with van der Waals surface area (Å²) in [7, 11) is 0. The zero-order valence-corrected chi connectivity index (χ0v) is 12.3. The van der Waals surface area contributed by atoms with Gasteiger partial charge in [-0.1, -0.05) is 25.1 Å². The smallest absolute Gasteiger partial charge is 0.306 e. The summed E-state index contributed by atoms with van der Waals surface area (Å²) in [6.07, 6.45) is 0.0307. The zero-order valence-electron chi connectivity index (χ0n) is 11.5. The SMILES string of the molecule is C[C@@H](CC(=O)c1ccc2sc3ccccc3c2c1)C(=O)O. The molecule has 0 saturated carbocycles. The van der Waals surface area contributed by atoms with E-state index in [0.717, 1.165) is 15.5 Å². The van der Waals surface area contributed by atoms with Crippen LogP contribution in [-0.4, -0.2) is 16.9 Å². The number of rotatable bonds is 4. The van der Waals surface area contributed by atoms with Gasteiger partial charge in [-0.3, -0.25) is 9.59 Å². The molecule has 0 aliphatic rings. The Bertz CT molecular complexity index is 847. The van der Waals surface area contributed by atoms with Gasteiger partial charge in [-0.2, -0.15) is 0 Å². The van der Waals surface area contributed by atoms with Gasteiger partial charge in [0.05, 0.1) is 5.92 Å². The predicted molar refractivity (Wildman–Crippen MR) is 85.1 cm³/mol. The lowest BCUT2D eigenvalue weighted by Crippen LogP contribution is -2.14. The van der Waals surface area contributed by atoms with Crippen molar-refractivity contribution in [3.8, 4) is 0 Å². The monoisotopic (exact) mass is 298 g/mol. The summed E-state index contributed by atoms with van der Waals surface area (Å²) in [5.74, 6) is -1.72. The fourth-order valence-electron chi connectivity index (χ4n) is 2.38. The van der Waals surface area contributed by atoms with E-state index >= 15 is 0 Å². The number of carbonyl (C=O) groups is 2. The fourth-order valence-corrected chi connectivity index (χ4v) is 3.47. The Labute approximate surface area is 125 Å². The molecule has 3 aromatic rings. The Hall–Kier alpha value is -2.20. The third-order valence-corrected chi connectivity index (χ3v) is 4.76. The summed E-state index contributed by atoms with van der Waals surface area (Å²) in [5, 5.41) is 11.1. The minimum atomic E-state index is -0.939. The van der Waals surface area contributed by atoms with E-state index in [-0.39, 0.29) is 12.2 Å². The van der Waals surface area contributed by atoms with Crippen LogP contribution in [0.5, 0.6) is 0 Å². The summed E-state index contributed by atoms with van der Waals surface area (Å²) < 4.78 is 2.33. The Balaban J connectivity index is 2.02. The van der Waals surface area contributed by atoms with E-state index in [2.05, 4.69) is 6.07 Å². The summed E-state index contributed by atoms with van der Waals surface area (Å²) in [4.78, 5) is 23.1. The Morgan fingerprint density at radius 1 is 1.10 bits per heavy atom. The maximum Gasteiger partial charge on any atom is 0.306 e. The minimum absolute atomic E-state index is 0.0307. The maximum absolute atomic E-state index is 12.2. The van der Waals surface area contributed by atoms with Crippen molar-refractivity contribution in [3.63, 3.8) is 0 Å². The highest BCUT2D eigenvalue weighted by Gasteiger charge is 2.17. The second kappa shape index (κ2) is 5.30. The molecular weight excluding hydrogens is 284 g/mol. The van der Waals surface area contributed by atoms with Crippen LogP contribution >= 0.6 is 11.3 Å². The number of benzene rings is 2. The fraction of sp³-hybridized carbons (Fsp3) is 0.176. The quantitative estimate of drug-likeness (QED) is 0.729. The Kier molecular flexibility index (Phi) is 3.47. The topological polar surface area (TPSA) is 54.4 Å². The van der Waals surface area contributed by atoms with Crippen LogP contribution < -0.4 is 0 Å². The van der Waals surface area contributed by atoms with E-state index in [0.29, 0.717) is 5.56 Å². The standard InChI is InChI=1S/C17H14O3S/c1-10(17(19)20)8-14(18)11-6-7-16-13(9-11)12-4-2-3-5-15(12)21-16/h2-7,9-10H,8H2,1H3,(H,19,20)/t10-/m0/s1. The molecule has 106 valence electrons. The molecule has 0 aliphatic heterocycles. The van der Waals surface area contributed by atoms with Crippen LogP contribution in [0.4, 0.5) is 0 Å². The molecule has 1 atom stereocenters. The predicted octanol–water partition coefficient (Wildman–Crippen LogP) is 4.35. The first-order valence-electron chi connectivity index (χ1n) is 6.73. The van der Waals surface area contributed by atoms with Crippen molar-refractivity contribution in [2.24, 2.45) is 5.92 Å². The third kappa shape index (κ3) is 2.54. The van der Waals surface area contributed by atoms with E-state index in [1.165, 1.54) is 4.70 Å². The molecule has 3 rings (SSSR count). The zero-order chi connectivity index (χ0) is 15.0. The second-order valence-corrected chi connectivity index (χ2v) is 6.26. The van der Waals surface area contributed by atoms with Gasteiger partial charge >= 0.3 is 5.97 Å². The molecule has 21 heavy (non-hydrogen) atoms. The average Bonchev–Trinajstić information content (AvgIpc) is 2.84. The van der Waals surface area contributed by atoms with Gasteiger partial charge in [0, 0.05) is 32.2 Å². The molecule has 1 heterocycles. The number of fused-ring (bicyclic) bond motifs is 3. The van der Waals surface area contributed by atoms with Gasteiger partial charge in [0.15, 0.2) is 5.78 Å². The first-order valence-corrected chi connectivity index (χ1v) is 7.55. The lowest BCUT2D eigenvalue weighted by Gasteiger charge is -2.05. The highest BCUT2D eigenvalue weighted by molar-refractivity contribution is 7.25. The molecule has 0 radical (unpaired) electrons. The molecule has 3 nitrogen and oxygen atoms in total. The molecule has 1 aromatic heterocycles. The normalized spacial score (nSPS) is 12.6. The molecule has 0 bridgehead atoms. The van der Waals surface area contributed by atoms with Gasteiger partial charge in [0.2, 0.25) is 0 Å². The van der Waals surface area contributed by atoms with E-state index < -0.39 is 11.9 Å². The molecule has 1 N–H and O–H groups in total. The Morgan fingerprint density at radius 3 is 2.57 bits per heavy atom. The number of hydrogen-bond donors (Lipinski definition) is 1. The molecule has 0 unspecified atom stereocenters. The van der Waals surface area contributed by atoms with Crippen molar-refractivity contribution in [2.45, 2.75) is 13.3 Å². The third-order valence-electron chi connectivity index (χ3n) is 3.61. The van der Waals surface area contributed by atoms with E-state index in [1.807, 2.05) is 30.3 Å². The number of Topliss-reactive ketones (excluding diaryl/α,β-unsaturated/α-hetero) is 1. The van der Waals surface area contributed by atoms with Crippen LogP contribution in [0.15, 0.2) is 42.5 Å². The van der Waals surface area contributed by atoms with Crippen LogP contribution in [0.25, 0.3) is 20.2 Å². The summed E-state index contributed by atoms with van der Waals surface area (Å²) in [5.41, 5.74) is 0.583. The molecule has 0 spiro atoms. The molecule has 0 aliphatic carbocycles. The van der Waals surface area contributed by atoms with E-state index in [9.17, 15) is 9.59 Å². The van der Waals surface area contributed by atoms with Crippen LogP contribution in [0.2, 0.25) is 0 Å². The number of aliphatic carboxylic acids is 1. The summed E-state index contributed by atoms with van der Waals surface area (Å²) in [6.45, 7) is 1.55. The number of carboxylic acids is 1. The highest BCUT2D eigenvalue weighted by atomic mass is 32.1. The van der Waals surface area contributed by atoms with E-state index in [1.54, 1.807) is 24.3 Å². The number of hydrogen-bond acceptors (Lipinski definition) is 3. The number of carboxylic acid groups (broad SMARTS) is 1. The lowest BCUT2D eigenvalue weighted by atomic mass is 9.98. The first kappa shape index (κ1) is 13.8. The van der Waals surface area contributed by atoms with Gasteiger partial charge in [0.1, 0.15) is 0 Å². The first-order chi connectivity index (χ1) is 10.1. The van der Waals surface area contributed by atoms with Gasteiger partial charge in [-0.15, -0.1) is 11.3 Å². The van der Waals surface area contributed by atoms with Crippen molar-refractivity contribution in [1.29, 1.82) is 0 Å². The van der Waals surface area contributed by atoms with Gasteiger partial charge in [-0.25, -0.2) is 0 Å². The number of ketones is 1. The summed E-state index contributed by atoms with van der Waals surface area (Å²) in [6, 6.07) is 13.7. The van der Waals surface area contributed by atoms with Crippen molar-refractivity contribution < 1.29 is 14.7 Å². The van der Waals surface area contributed by atoms with Crippen molar-refractivity contribution in [3.05, 3.63) is 48.0 Å². The van der Waals surface area contributed by atoms with Crippen LogP contribution in [-0.2, 0) is 4.79 Å². The largest absolute Gasteiger partial charge is 0.481 e. The molecule has 0 amide bonds. The highest BCUT2D eigenvalue weighted by Crippen LogP contribution is 2.34. The van der Waals surface area contributed by atoms with E-state index in [4.69, 9.17) is 5.11 Å². The van der Waals surface area contributed by atoms with Gasteiger partial charge in [-0.05, 0) is 24.3 Å². The van der Waals surface area contributed by atoms with Crippen LogP contribution in [0.3, 0.4) is 0 Å². The van der Waals surface area contributed by atoms with Crippen LogP contribution in [0, 0.1) is 5.92 Å². The minimum Gasteiger partial charge on any atom is -0.481 e. The van der Waals surface area contributed by atoms with Gasteiger partial charge in [0.25, 0.3) is 0 Å². The number of carbonyl (C=O) groups excluding carboxylic acids is 1. The summed E-state index contributed by atoms with van der Waals surface area (Å²) >= 11 is 1.70. The average molecular weight is 298 g/mol. The van der Waals surface area contributed by atoms with Crippen molar-refractivity contribution in [1.82, 2.24) is 0 Å². The van der Waals surface area contributed by atoms with Crippen LogP contribution in [0.1, 0.15) is 23.7 Å². The maximum atomic E-state index is 12.2. The number of thiophene rings is 1. The molecule has 4 heteroatoms. The molecule has 0 fully saturated rings. The molecule has 2 aromatic carbocycles. The lowest BCUT2D eigenvalue weighted by molar-refractivity contribution is -0.141. The second-order valence-electron chi connectivity index (χ2n) is 5.18. The van der Waals surface area contributed by atoms with Crippen molar-refractivity contribution >= 4 is 43.3 Å². The molecule has 0 saturated heterocycles. The Morgan fingerprint density at radius 2 is 1.81 bits per heavy atom. The van der Waals surface area contributed by atoms with Gasteiger partial charge < -0.3 is 5.11 Å². The molecular formula is C17H14O3S.